The number of carboxylic acid groups (broad SMARTS) is 1. The van der Waals surface area contributed by atoms with Crippen molar-refractivity contribution in [2.24, 2.45) is 0 Å². The molecule has 82 valence electrons. The van der Waals surface area contributed by atoms with Gasteiger partial charge in [0, 0.05) is 5.56 Å². The minimum atomic E-state index is -1.30. The largest absolute Gasteiger partial charge is 0.465 e. The van der Waals surface area contributed by atoms with Crippen molar-refractivity contribution < 1.29 is 19.4 Å². The van der Waals surface area contributed by atoms with Crippen molar-refractivity contribution in [2.75, 3.05) is 0 Å². The van der Waals surface area contributed by atoms with Crippen molar-refractivity contribution in [3.8, 4) is 0 Å². The van der Waals surface area contributed by atoms with E-state index in [9.17, 15) is 14.3 Å². The molecular weight excluding hydrogens is 201 g/mol. The first-order valence-corrected chi connectivity index (χ1v) is 4.44. The zero-order valence-corrected chi connectivity index (χ0v) is 8.14. The van der Waals surface area contributed by atoms with Crippen molar-refractivity contribution in [1.29, 1.82) is 0 Å². The van der Waals surface area contributed by atoms with Crippen molar-refractivity contribution in [2.45, 2.75) is 19.1 Å². The van der Waals surface area contributed by atoms with Crippen LogP contribution in [0, 0.1) is 5.82 Å². The third-order valence-corrected chi connectivity index (χ3v) is 2.00. The lowest BCUT2D eigenvalue weighted by molar-refractivity contribution is 0.132. The van der Waals surface area contributed by atoms with Crippen LogP contribution in [0.15, 0.2) is 24.3 Å². The van der Waals surface area contributed by atoms with Gasteiger partial charge >= 0.3 is 6.09 Å². The first-order valence-electron chi connectivity index (χ1n) is 4.44. The molecule has 0 radical (unpaired) electrons. The summed E-state index contributed by atoms with van der Waals surface area (Å²) in [7, 11) is 0. The van der Waals surface area contributed by atoms with Crippen LogP contribution in [0.3, 0.4) is 0 Å². The van der Waals surface area contributed by atoms with Crippen molar-refractivity contribution in [3.63, 3.8) is 0 Å². The molecule has 0 aliphatic heterocycles. The van der Waals surface area contributed by atoms with E-state index in [0.29, 0.717) is 0 Å². The number of benzene rings is 1. The molecular formula is C10H12FNO3. The molecule has 0 heterocycles. The van der Waals surface area contributed by atoms with Crippen molar-refractivity contribution in [3.05, 3.63) is 35.6 Å². The lowest BCUT2D eigenvalue weighted by Gasteiger charge is -2.20. The monoisotopic (exact) mass is 213 g/mol. The van der Waals surface area contributed by atoms with Gasteiger partial charge in [0.2, 0.25) is 0 Å². The Bertz CT molecular complexity index is 354. The number of hydrogen-bond donors (Lipinski definition) is 3. The first kappa shape index (κ1) is 11.5. The van der Waals surface area contributed by atoms with Crippen LogP contribution < -0.4 is 5.32 Å². The number of carbonyl (C=O) groups is 1. The lowest BCUT2D eigenvalue weighted by atomic mass is 10.0. The molecule has 2 atom stereocenters. The number of aliphatic hydroxyl groups is 1. The van der Waals surface area contributed by atoms with Gasteiger partial charge in [-0.2, -0.15) is 0 Å². The summed E-state index contributed by atoms with van der Waals surface area (Å²) in [6.45, 7) is 1.40. The summed E-state index contributed by atoms with van der Waals surface area (Å²) in [5.74, 6) is -0.544. The van der Waals surface area contributed by atoms with Crippen LogP contribution >= 0.6 is 0 Å². The molecule has 0 saturated heterocycles. The second kappa shape index (κ2) is 4.75. The minimum absolute atomic E-state index is 0.134. The van der Waals surface area contributed by atoms with Crippen LogP contribution in [-0.2, 0) is 0 Å². The predicted molar refractivity (Wildman–Crippen MR) is 52.0 cm³/mol. The van der Waals surface area contributed by atoms with Crippen LogP contribution in [0.4, 0.5) is 9.18 Å². The van der Waals surface area contributed by atoms with Crippen LogP contribution in [0.5, 0.6) is 0 Å². The summed E-state index contributed by atoms with van der Waals surface area (Å²) in [5.41, 5.74) is 0.134. The highest BCUT2D eigenvalue weighted by Crippen LogP contribution is 2.19. The van der Waals surface area contributed by atoms with E-state index in [1.165, 1.54) is 25.1 Å². The average molecular weight is 213 g/mol. The Labute approximate surface area is 86.4 Å². The Morgan fingerprint density at radius 2 is 2.07 bits per heavy atom. The quantitative estimate of drug-likeness (QED) is 0.712. The SMILES string of the molecule is C[C@H](O)[C@@H](NC(=O)O)c1ccccc1F. The zero-order valence-electron chi connectivity index (χ0n) is 8.14. The molecule has 0 unspecified atom stereocenters. The summed E-state index contributed by atoms with van der Waals surface area (Å²) in [6, 6.07) is 4.77. The molecule has 0 aromatic heterocycles. The van der Waals surface area contributed by atoms with Gasteiger partial charge in [-0.1, -0.05) is 18.2 Å². The molecule has 0 aliphatic rings. The van der Waals surface area contributed by atoms with E-state index in [0.717, 1.165) is 0 Å². The Morgan fingerprint density at radius 1 is 1.47 bits per heavy atom. The van der Waals surface area contributed by atoms with Gasteiger partial charge in [-0.15, -0.1) is 0 Å². The number of amides is 1. The highest BCUT2D eigenvalue weighted by atomic mass is 19.1. The fraction of sp³-hybridized carbons (Fsp3) is 0.300. The fourth-order valence-corrected chi connectivity index (χ4v) is 1.32. The molecule has 0 spiro atoms. The number of nitrogens with one attached hydrogen (secondary N) is 1. The third kappa shape index (κ3) is 2.92. The van der Waals surface area contributed by atoms with Gasteiger partial charge in [0.15, 0.2) is 0 Å². The smallest absolute Gasteiger partial charge is 0.405 e. The predicted octanol–water partition coefficient (Wildman–Crippen LogP) is 1.52. The maximum Gasteiger partial charge on any atom is 0.405 e. The van der Waals surface area contributed by atoms with E-state index in [1.807, 2.05) is 0 Å². The number of rotatable bonds is 3. The molecule has 0 aliphatic carbocycles. The van der Waals surface area contributed by atoms with Crippen LogP contribution in [0.1, 0.15) is 18.5 Å². The van der Waals surface area contributed by atoms with Gasteiger partial charge in [0.1, 0.15) is 5.82 Å². The second-order valence-corrected chi connectivity index (χ2v) is 3.19. The summed E-state index contributed by atoms with van der Waals surface area (Å²) < 4.78 is 13.3. The summed E-state index contributed by atoms with van der Waals surface area (Å²) in [6.07, 6.45) is -2.30. The van der Waals surface area contributed by atoms with Crippen LogP contribution in [0.25, 0.3) is 0 Å². The van der Waals surface area contributed by atoms with Crippen molar-refractivity contribution in [1.82, 2.24) is 5.32 Å². The molecule has 5 heteroatoms. The Hall–Kier alpha value is -1.62. The molecule has 4 nitrogen and oxygen atoms in total. The maximum atomic E-state index is 13.3. The molecule has 1 aromatic rings. The van der Waals surface area contributed by atoms with Gasteiger partial charge < -0.3 is 15.5 Å². The van der Waals surface area contributed by atoms with Gasteiger partial charge in [-0.25, -0.2) is 9.18 Å². The second-order valence-electron chi connectivity index (χ2n) is 3.19. The summed E-state index contributed by atoms with van der Waals surface area (Å²) >= 11 is 0. The molecule has 1 aromatic carbocycles. The molecule has 0 fully saturated rings. The van der Waals surface area contributed by atoms with Gasteiger partial charge in [-0.3, -0.25) is 0 Å². The Kier molecular flexibility index (Phi) is 3.62. The highest BCUT2D eigenvalue weighted by Gasteiger charge is 2.21. The van der Waals surface area contributed by atoms with E-state index in [1.54, 1.807) is 6.07 Å². The van der Waals surface area contributed by atoms with E-state index in [2.05, 4.69) is 5.32 Å². The van der Waals surface area contributed by atoms with E-state index in [-0.39, 0.29) is 5.56 Å². The van der Waals surface area contributed by atoms with Crippen molar-refractivity contribution >= 4 is 6.09 Å². The Morgan fingerprint density at radius 3 is 2.53 bits per heavy atom. The average Bonchev–Trinajstić information content (AvgIpc) is 2.15. The van der Waals surface area contributed by atoms with Crippen LogP contribution in [0.2, 0.25) is 0 Å². The van der Waals surface area contributed by atoms with Gasteiger partial charge in [0.05, 0.1) is 12.1 Å². The topological polar surface area (TPSA) is 69.6 Å². The number of halogens is 1. The number of aliphatic hydroxyl groups excluding tert-OH is 1. The minimum Gasteiger partial charge on any atom is -0.465 e. The zero-order chi connectivity index (χ0) is 11.4. The van der Waals surface area contributed by atoms with E-state index in [4.69, 9.17) is 5.11 Å². The summed E-state index contributed by atoms with van der Waals surface area (Å²) in [4.78, 5) is 10.5. The maximum absolute atomic E-state index is 13.3. The Balaban J connectivity index is 2.99. The number of hydrogen-bond acceptors (Lipinski definition) is 2. The van der Waals surface area contributed by atoms with Gasteiger partial charge in [0.25, 0.3) is 0 Å². The highest BCUT2D eigenvalue weighted by molar-refractivity contribution is 5.65. The molecule has 0 saturated carbocycles. The first-order chi connectivity index (χ1) is 7.02. The molecule has 1 rings (SSSR count). The van der Waals surface area contributed by atoms with Gasteiger partial charge in [-0.05, 0) is 13.0 Å². The standard InChI is InChI=1S/C10H12FNO3/c1-6(13)9(12-10(14)15)7-4-2-3-5-8(7)11/h2-6,9,12-13H,1H3,(H,14,15)/t6-,9+/m0/s1. The van der Waals surface area contributed by atoms with Crippen LogP contribution in [-0.4, -0.2) is 22.4 Å². The fourth-order valence-electron chi connectivity index (χ4n) is 1.32. The lowest BCUT2D eigenvalue weighted by Crippen LogP contribution is -2.34. The molecule has 0 bridgehead atoms. The normalized spacial score (nSPS) is 14.3. The van der Waals surface area contributed by atoms with E-state index < -0.39 is 24.1 Å². The molecule has 15 heavy (non-hydrogen) atoms. The van der Waals surface area contributed by atoms with E-state index >= 15 is 0 Å². The third-order valence-electron chi connectivity index (χ3n) is 2.00. The molecule has 1 amide bonds. The summed E-state index contributed by atoms with van der Waals surface area (Å²) in [5, 5.41) is 19.9. The molecule has 3 N–H and O–H groups in total.